The predicted octanol–water partition coefficient (Wildman–Crippen LogP) is 3.56. The molecule has 0 aliphatic carbocycles. The van der Waals surface area contributed by atoms with Crippen LogP contribution in [-0.2, 0) is 4.79 Å². The highest BCUT2D eigenvalue weighted by molar-refractivity contribution is 5.51. The van der Waals surface area contributed by atoms with Crippen LogP contribution in [0.5, 0.6) is 5.75 Å². The molecule has 0 heterocycles. The Morgan fingerprint density at radius 3 is 2.50 bits per heavy atom. The van der Waals surface area contributed by atoms with Crippen molar-refractivity contribution in [1.82, 2.24) is 0 Å². The van der Waals surface area contributed by atoms with Crippen molar-refractivity contribution in [2.45, 2.75) is 38.5 Å². The molecule has 0 spiro atoms. The van der Waals surface area contributed by atoms with Crippen LogP contribution in [0.25, 0.3) is 0 Å². The molecule has 1 aromatic carbocycles. The van der Waals surface area contributed by atoms with E-state index in [9.17, 15) is 4.79 Å². The van der Waals surface area contributed by atoms with Crippen molar-refractivity contribution in [3.05, 3.63) is 29.8 Å². The van der Waals surface area contributed by atoms with E-state index < -0.39 is 0 Å². The van der Waals surface area contributed by atoms with Crippen molar-refractivity contribution in [3.63, 3.8) is 0 Å². The Labute approximate surface area is 97.6 Å². The van der Waals surface area contributed by atoms with E-state index in [4.69, 9.17) is 4.74 Å². The topological polar surface area (TPSA) is 26.3 Å². The van der Waals surface area contributed by atoms with Crippen LogP contribution in [0.15, 0.2) is 24.3 Å². The van der Waals surface area contributed by atoms with Crippen LogP contribution in [-0.4, -0.2) is 13.4 Å². The van der Waals surface area contributed by atoms with Crippen molar-refractivity contribution < 1.29 is 9.53 Å². The molecule has 88 valence electrons. The maximum atomic E-state index is 10.7. The van der Waals surface area contributed by atoms with Crippen molar-refractivity contribution in [2.75, 3.05) is 7.11 Å². The molecule has 0 saturated heterocycles. The Hall–Kier alpha value is -1.31. The minimum Gasteiger partial charge on any atom is -0.497 e. The van der Waals surface area contributed by atoms with E-state index >= 15 is 0 Å². The normalized spacial score (nSPS) is 12.1. The van der Waals surface area contributed by atoms with Gasteiger partial charge in [-0.2, -0.15) is 0 Å². The van der Waals surface area contributed by atoms with Crippen molar-refractivity contribution in [2.24, 2.45) is 0 Å². The highest BCUT2D eigenvalue weighted by Crippen LogP contribution is 2.26. The monoisotopic (exact) mass is 220 g/mol. The van der Waals surface area contributed by atoms with E-state index in [0.29, 0.717) is 12.3 Å². The number of benzene rings is 1. The highest BCUT2D eigenvalue weighted by Gasteiger charge is 2.10. The Morgan fingerprint density at radius 1 is 1.31 bits per heavy atom. The quantitative estimate of drug-likeness (QED) is 0.657. The summed E-state index contributed by atoms with van der Waals surface area (Å²) < 4.78 is 5.12. The van der Waals surface area contributed by atoms with Crippen LogP contribution in [0.3, 0.4) is 0 Å². The molecule has 0 bridgehead atoms. The van der Waals surface area contributed by atoms with Gasteiger partial charge in [-0.15, -0.1) is 0 Å². The van der Waals surface area contributed by atoms with Crippen LogP contribution in [0.4, 0.5) is 0 Å². The van der Waals surface area contributed by atoms with Crippen LogP contribution in [0.2, 0.25) is 0 Å². The molecule has 0 N–H and O–H groups in total. The van der Waals surface area contributed by atoms with Crippen LogP contribution >= 0.6 is 0 Å². The second-order valence-corrected chi connectivity index (χ2v) is 4.01. The van der Waals surface area contributed by atoms with Crippen LogP contribution in [0, 0.1) is 0 Å². The van der Waals surface area contributed by atoms with E-state index in [1.165, 1.54) is 18.4 Å². The Balaban J connectivity index is 2.70. The SMILES string of the molecule is CCCC[C@@H](CC=O)c1ccc(OC)cc1. The molecule has 0 saturated carbocycles. The second kappa shape index (κ2) is 7.04. The summed E-state index contributed by atoms with van der Waals surface area (Å²) in [7, 11) is 1.66. The number of carbonyl (C=O) groups excluding carboxylic acids is 1. The Kier molecular flexibility index (Phi) is 5.62. The molecule has 0 aromatic heterocycles. The molecular weight excluding hydrogens is 200 g/mol. The molecule has 1 rings (SSSR count). The number of aldehydes is 1. The lowest BCUT2D eigenvalue weighted by molar-refractivity contribution is -0.108. The first-order chi connectivity index (χ1) is 7.81. The number of rotatable bonds is 7. The molecule has 0 amide bonds. The number of hydrogen-bond acceptors (Lipinski definition) is 2. The summed E-state index contributed by atoms with van der Waals surface area (Å²) >= 11 is 0. The number of carbonyl (C=O) groups is 1. The van der Waals surface area contributed by atoms with Crippen molar-refractivity contribution in [3.8, 4) is 5.75 Å². The van der Waals surface area contributed by atoms with Gasteiger partial charge in [-0.1, -0.05) is 31.9 Å². The zero-order valence-electron chi connectivity index (χ0n) is 10.1. The average molecular weight is 220 g/mol. The van der Waals surface area contributed by atoms with Gasteiger partial charge in [0.2, 0.25) is 0 Å². The van der Waals surface area contributed by atoms with E-state index in [0.717, 1.165) is 18.5 Å². The summed E-state index contributed by atoms with van der Waals surface area (Å²) in [5.74, 6) is 1.23. The maximum Gasteiger partial charge on any atom is 0.120 e. The summed E-state index contributed by atoms with van der Waals surface area (Å²) in [5.41, 5.74) is 1.24. The summed E-state index contributed by atoms with van der Waals surface area (Å²) in [6.45, 7) is 2.17. The van der Waals surface area contributed by atoms with Gasteiger partial charge in [0.1, 0.15) is 12.0 Å². The molecule has 0 aliphatic heterocycles. The third-order valence-electron chi connectivity index (χ3n) is 2.87. The summed E-state index contributed by atoms with van der Waals surface area (Å²) in [5, 5.41) is 0. The largest absolute Gasteiger partial charge is 0.497 e. The fourth-order valence-electron chi connectivity index (χ4n) is 1.86. The summed E-state index contributed by atoms with van der Waals surface area (Å²) in [6, 6.07) is 8.03. The lowest BCUT2D eigenvalue weighted by atomic mass is 9.91. The molecule has 2 heteroatoms. The first-order valence-corrected chi connectivity index (χ1v) is 5.89. The lowest BCUT2D eigenvalue weighted by Crippen LogP contribution is -2.00. The molecular formula is C14H20O2. The minimum absolute atomic E-state index is 0.364. The van der Waals surface area contributed by atoms with E-state index in [1.54, 1.807) is 7.11 Å². The number of methoxy groups -OCH3 is 1. The molecule has 0 fully saturated rings. The minimum atomic E-state index is 0.364. The van der Waals surface area contributed by atoms with Crippen molar-refractivity contribution in [1.29, 1.82) is 0 Å². The van der Waals surface area contributed by atoms with Gasteiger partial charge >= 0.3 is 0 Å². The molecule has 16 heavy (non-hydrogen) atoms. The zero-order chi connectivity index (χ0) is 11.8. The van der Waals surface area contributed by atoms with Crippen LogP contribution in [0.1, 0.15) is 44.1 Å². The van der Waals surface area contributed by atoms with Crippen LogP contribution < -0.4 is 4.74 Å². The van der Waals surface area contributed by atoms with Gasteiger partial charge in [0.25, 0.3) is 0 Å². The number of unbranched alkanes of at least 4 members (excludes halogenated alkanes) is 1. The van der Waals surface area contributed by atoms with E-state index in [-0.39, 0.29) is 0 Å². The smallest absolute Gasteiger partial charge is 0.120 e. The van der Waals surface area contributed by atoms with Gasteiger partial charge in [-0.3, -0.25) is 0 Å². The van der Waals surface area contributed by atoms with Gasteiger partial charge < -0.3 is 9.53 Å². The third kappa shape index (κ3) is 3.69. The molecule has 0 aliphatic rings. The fourth-order valence-corrected chi connectivity index (χ4v) is 1.86. The number of ether oxygens (including phenoxy) is 1. The second-order valence-electron chi connectivity index (χ2n) is 4.01. The van der Waals surface area contributed by atoms with Gasteiger partial charge in [0, 0.05) is 6.42 Å². The molecule has 1 aromatic rings. The first kappa shape index (κ1) is 12.8. The summed E-state index contributed by atoms with van der Waals surface area (Å²) in [4.78, 5) is 10.7. The fraction of sp³-hybridized carbons (Fsp3) is 0.500. The molecule has 0 unspecified atom stereocenters. The number of hydrogen-bond donors (Lipinski definition) is 0. The average Bonchev–Trinajstić information content (AvgIpc) is 2.35. The maximum absolute atomic E-state index is 10.7. The van der Waals surface area contributed by atoms with Gasteiger partial charge in [0.05, 0.1) is 7.11 Å². The first-order valence-electron chi connectivity index (χ1n) is 5.89. The van der Waals surface area contributed by atoms with Gasteiger partial charge in [-0.25, -0.2) is 0 Å². The highest BCUT2D eigenvalue weighted by atomic mass is 16.5. The lowest BCUT2D eigenvalue weighted by Gasteiger charge is -2.14. The standard InChI is InChI=1S/C14H20O2/c1-3-4-5-12(10-11-15)13-6-8-14(16-2)9-7-13/h6-9,11-12H,3-5,10H2,1-2H3/t12-/m0/s1. The Morgan fingerprint density at radius 2 is 2.00 bits per heavy atom. The third-order valence-corrected chi connectivity index (χ3v) is 2.87. The van der Waals surface area contributed by atoms with E-state index in [1.807, 2.05) is 12.1 Å². The molecule has 2 nitrogen and oxygen atoms in total. The van der Waals surface area contributed by atoms with Gasteiger partial charge in [0.15, 0.2) is 0 Å². The Bertz CT molecular complexity index is 303. The summed E-state index contributed by atoms with van der Waals surface area (Å²) in [6.07, 6.45) is 5.06. The van der Waals surface area contributed by atoms with E-state index in [2.05, 4.69) is 19.1 Å². The molecule has 0 radical (unpaired) electrons. The van der Waals surface area contributed by atoms with Gasteiger partial charge in [-0.05, 0) is 30.0 Å². The van der Waals surface area contributed by atoms with Crippen molar-refractivity contribution >= 4 is 6.29 Å². The predicted molar refractivity (Wildman–Crippen MR) is 65.9 cm³/mol. The molecule has 1 atom stereocenters. The zero-order valence-corrected chi connectivity index (χ0v) is 10.1.